The Morgan fingerprint density at radius 2 is 1.86 bits per heavy atom. The van der Waals surface area contributed by atoms with Crippen LogP contribution in [0.1, 0.15) is 69.4 Å². The first kappa shape index (κ1) is 27.0. The highest BCUT2D eigenvalue weighted by Gasteiger charge is 2.41. The first-order valence-electron chi connectivity index (χ1n) is 12.5. The first-order valence-corrected chi connectivity index (χ1v) is 12.5. The van der Waals surface area contributed by atoms with Crippen molar-refractivity contribution in [3.63, 3.8) is 0 Å². The van der Waals surface area contributed by atoms with Gasteiger partial charge in [0.1, 0.15) is 5.76 Å². The molecule has 2 amide bonds. The van der Waals surface area contributed by atoms with Crippen molar-refractivity contribution in [3.05, 3.63) is 57.9 Å². The van der Waals surface area contributed by atoms with E-state index in [2.05, 4.69) is 31.4 Å². The summed E-state index contributed by atoms with van der Waals surface area (Å²) < 4.78 is 5.97. The summed E-state index contributed by atoms with van der Waals surface area (Å²) in [6.07, 6.45) is 2.55. The van der Waals surface area contributed by atoms with Crippen LogP contribution in [0.2, 0.25) is 5.82 Å². The van der Waals surface area contributed by atoms with Crippen LogP contribution < -0.4 is 10.7 Å². The fraction of sp³-hybridized carbons (Fsp3) is 0.556. The van der Waals surface area contributed by atoms with E-state index in [1.54, 1.807) is 0 Å². The molecule has 1 aromatic rings. The van der Waals surface area contributed by atoms with Crippen molar-refractivity contribution in [2.75, 3.05) is 13.2 Å². The second kappa shape index (κ2) is 10.6. The molecule has 1 aliphatic carbocycles. The van der Waals surface area contributed by atoms with Gasteiger partial charge in [-0.05, 0) is 56.2 Å². The quantitative estimate of drug-likeness (QED) is 0.448. The summed E-state index contributed by atoms with van der Waals surface area (Å²) in [4.78, 5) is 27.5. The summed E-state index contributed by atoms with van der Waals surface area (Å²) in [6, 6.07) is 5.52. The normalized spacial score (nSPS) is 21.4. The molecule has 8 heteroatoms. The number of benzene rings is 1. The van der Waals surface area contributed by atoms with E-state index in [9.17, 15) is 14.6 Å². The number of carbonyl (C=O) groups is 2. The van der Waals surface area contributed by atoms with E-state index in [0.29, 0.717) is 42.0 Å². The van der Waals surface area contributed by atoms with Gasteiger partial charge in [0.15, 0.2) is 0 Å². The predicted molar refractivity (Wildman–Crippen MR) is 139 cm³/mol. The number of nitrogens with zero attached hydrogens (tertiary/aromatic N) is 1. The van der Waals surface area contributed by atoms with Crippen molar-refractivity contribution in [1.29, 1.82) is 0 Å². The van der Waals surface area contributed by atoms with E-state index in [1.807, 2.05) is 58.9 Å². The largest absolute Gasteiger partial charge is 0.497 e. The number of nitrogens with one attached hydrogen (secondary N) is 2. The molecule has 0 aromatic heterocycles. The highest BCUT2D eigenvalue weighted by molar-refractivity contribution is 6.50. The minimum absolute atomic E-state index is 0.122. The van der Waals surface area contributed by atoms with E-state index in [0.717, 1.165) is 11.1 Å². The summed E-state index contributed by atoms with van der Waals surface area (Å²) in [5, 5.41) is 15.1. The lowest BCUT2D eigenvalue weighted by atomic mass is 9.58. The number of hydrogen-bond acceptors (Lipinski definition) is 5. The van der Waals surface area contributed by atoms with Crippen LogP contribution in [0.3, 0.4) is 0 Å². The Balaban J connectivity index is 1.99. The molecule has 0 saturated carbocycles. The van der Waals surface area contributed by atoms with Gasteiger partial charge in [0.05, 0.1) is 12.6 Å². The van der Waals surface area contributed by atoms with Crippen molar-refractivity contribution < 1.29 is 19.3 Å². The molecule has 1 fully saturated rings. The molecule has 0 spiro atoms. The fourth-order valence-electron chi connectivity index (χ4n) is 5.35. The molecule has 0 bridgehead atoms. The minimum Gasteiger partial charge on any atom is -0.497 e. The van der Waals surface area contributed by atoms with Crippen LogP contribution in [0.25, 0.3) is 0 Å². The van der Waals surface area contributed by atoms with Gasteiger partial charge in [0, 0.05) is 23.5 Å². The van der Waals surface area contributed by atoms with Crippen LogP contribution in [0.4, 0.5) is 0 Å². The highest BCUT2D eigenvalue weighted by atomic mass is 16.5. The Morgan fingerprint density at radius 3 is 2.43 bits per heavy atom. The van der Waals surface area contributed by atoms with Gasteiger partial charge in [0.25, 0.3) is 11.8 Å². The van der Waals surface area contributed by atoms with Gasteiger partial charge in [-0.3, -0.25) is 15.0 Å². The van der Waals surface area contributed by atoms with E-state index in [-0.39, 0.29) is 35.0 Å². The van der Waals surface area contributed by atoms with E-state index < -0.39 is 7.05 Å². The number of carbonyl (C=O) groups excluding carboxylic acids is 2. The van der Waals surface area contributed by atoms with Crippen LogP contribution in [-0.2, 0) is 9.53 Å². The molecule has 190 valence electrons. The number of ether oxygens (including phenoxy) is 1. The molecule has 3 N–H and O–H groups in total. The number of hydrogen-bond donors (Lipinski definition) is 3. The van der Waals surface area contributed by atoms with Crippen molar-refractivity contribution in [2.24, 2.45) is 11.3 Å². The van der Waals surface area contributed by atoms with Crippen LogP contribution in [0, 0.1) is 25.2 Å². The molecule has 1 heterocycles. The Morgan fingerprint density at radius 1 is 1.23 bits per heavy atom. The lowest BCUT2D eigenvalue weighted by Gasteiger charge is -2.40. The third kappa shape index (κ3) is 5.81. The first-order chi connectivity index (χ1) is 16.3. The summed E-state index contributed by atoms with van der Waals surface area (Å²) in [7, 11) is -0.744. The minimum atomic E-state index is -0.744. The van der Waals surface area contributed by atoms with E-state index in [1.165, 1.54) is 5.01 Å². The zero-order valence-corrected chi connectivity index (χ0v) is 22.4. The van der Waals surface area contributed by atoms with Crippen LogP contribution in [0.5, 0.6) is 0 Å². The van der Waals surface area contributed by atoms with Gasteiger partial charge in [-0.25, -0.2) is 5.01 Å². The zero-order valence-electron chi connectivity index (χ0n) is 22.4. The molecular formula is C27H40BN3O4. The van der Waals surface area contributed by atoms with E-state index >= 15 is 0 Å². The Labute approximate surface area is 210 Å². The number of aryl methyl sites for hydroxylation is 2. The summed E-state index contributed by atoms with van der Waals surface area (Å²) in [5.74, 6) is -0.332. The Hall–Kier alpha value is -2.58. The standard InChI is InChI=1S/C27H40BN3O4/c1-9-22(27(6,7)8)31(26(33)20-13-16(2)12-17(3)14-20)30-25(32)21-15-18(4)23-24(19(21)5)35-11-10-29-28(23)34/h12-15,18,22-23,29,34H,9-11H2,1-8H3,(H,30,32). The van der Waals surface area contributed by atoms with Gasteiger partial charge in [-0.1, -0.05) is 57.9 Å². The Bertz CT molecular complexity index is 1020. The monoisotopic (exact) mass is 481 g/mol. The summed E-state index contributed by atoms with van der Waals surface area (Å²) in [5.41, 5.74) is 6.41. The van der Waals surface area contributed by atoms with Crippen molar-refractivity contribution in [2.45, 2.75) is 73.7 Å². The molecule has 3 unspecified atom stereocenters. The van der Waals surface area contributed by atoms with Crippen molar-refractivity contribution in [1.82, 2.24) is 15.7 Å². The van der Waals surface area contributed by atoms with Gasteiger partial charge in [-0.2, -0.15) is 0 Å². The zero-order chi connectivity index (χ0) is 26.1. The highest BCUT2D eigenvalue weighted by Crippen LogP contribution is 2.40. The molecular weight excluding hydrogens is 441 g/mol. The second-order valence-corrected chi connectivity index (χ2v) is 11.0. The maximum absolute atomic E-state index is 13.8. The lowest BCUT2D eigenvalue weighted by Crippen LogP contribution is -2.56. The van der Waals surface area contributed by atoms with Gasteiger partial charge in [0.2, 0.25) is 0 Å². The Kier molecular flexibility index (Phi) is 8.17. The van der Waals surface area contributed by atoms with Crippen molar-refractivity contribution >= 4 is 18.9 Å². The maximum Gasteiger partial charge on any atom is 0.388 e. The van der Waals surface area contributed by atoms with Crippen molar-refractivity contribution in [3.8, 4) is 0 Å². The molecule has 0 radical (unpaired) electrons. The van der Waals surface area contributed by atoms with Gasteiger partial charge < -0.3 is 15.0 Å². The smallest absolute Gasteiger partial charge is 0.388 e. The average Bonchev–Trinajstić information content (AvgIpc) is 2.95. The second-order valence-electron chi connectivity index (χ2n) is 11.0. The molecule has 1 aliphatic heterocycles. The number of rotatable bonds is 4. The number of amides is 2. The summed E-state index contributed by atoms with van der Waals surface area (Å²) >= 11 is 0. The molecule has 1 saturated heterocycles. The maximum atomic E-state index is 13.8. The summed E-state index contributed by atoms with van der Waals surface area (Å²) in [6.45, 7) is 16.9. The fourth-order valence-corrected chi connectivity index (χ4v) is 5.35. The van der Waals surface area contributed by atoms with Crippen LogP contribution in [-0.4, -0.2) is 48.1 Å². The van der Waals surface area contributed by atoms with Gasteiger partial charge in [-0.15, -0.1) is 0 Å². The van der Waals surface area contributed by atoms with Crippen LogP contribution in [0.15, 0.2) is 41.2 Å². The molecule has 7 nitrogen and oxygen atoms in total. The number of hydrazine groups is 1. The third-order valence-corrected chi connectivity index (χ3v) is 6.98. The SMILES string of the molecule is CCC(N(NC(=O)C1=CC(C)C2B(O)NCCOC2=C1C)C(=O)c1cc(C)cc(C)c1)C(C)(C)C. The van der Waals surface area contributed by atoms with Gasteiger partial charge >= 0.3 is 7.05 Å². The van der Waals surface area contributed by atoms with E-state index in [4.69, 9.17) is 4.74 Å². The predicted octanol–water partition coefficient (Wildman–Crippen LogP) is 3.92. The number of fused-ring (bicyclic) bond motifs is 1. The lowest BCUT2D eigenvalue weighted by molar-refractivity contribution is -0.122. The molecule has 1 aromatic carbocycles. The number of allylic oxidation sites excluding steroid dienone is 2. The van der Waals surface area contributed by atoms with Crippen LogP contribution >= 0.6 is 0 Å². The molecule has 35 heavy (non-hydrogen) atoms. The molecule has 2 aliphatic rings. The molecule has 3 rings (SSSR count). The average molecular weight is 481 g/mol. The topological polar surface area (TPSA) is 90.9 Å². The molecule has 3 atom stereocenters. The third-order valence-electron chi connectivity index (χ3n) is 6.98.